The largest absolute Gasteiger partial charge is 3.00 e. The van der Waals surface area contributed by atoms with Crippen LogP contribution in [0, 0.1) is 0 Å². The fourth-order valence-electron chi connectivity index (χ4n) is 2.74. The number of hydrogen-bond acceptors (Lipinski definition) is 1. The molecule has 3 nitrogen and oxygen atoms in total. The zero-order valence-corrected chi connectivity index (χ0v) is 21.9. The van der Waals surface area contributed by atoms with Crippen molar-refractivity contribution in [3.63, 3.8) is 0 Å². The molecule has 154 valence electrons. The van der Waals surface area contributed by atoms with Crippen molar-refractivity contribution in [2.45, 2.75) is 111 Å². The molecule has 0 rings (SSSR count). The van der Waals surface area contributed by atoms with E-state index in [0.717, 1.165) is 6.54 Å². The molecule has 0 radical (unpaired) electrons. The van der Waals surface area contributed by atoms with Gasteiger partial charge < -0.3 is 15.2 Å². The fourth-order valence-corrected chi connectivity index (χ4v) is 4.66. The third-order valence-corrected chi connectivity index (χ3v) is 8.63. The third kappa shape index (κ3) is 17.8. The van der Waals surface area contributed by atoms with Crippen LogP contribution < -0.4 is 0 Å². The molecule has 0 saturated carbocycles. The zero-order valence-electron chi connectivity index (χ0n) is 19.9. The summed E-state index contributed by atoms with van der Waals surface area (Å²) in [6, 6.07) is 0. The first kappa shape index (κ1) is 30.3. The molecule has 0 N–H and O–H groups in total. The van der Waals surface area contributed by atoms with Crippen molar-refractivity contribution in [3.8, 4) is 0 Å². The molecule has 0 heterocycles. The smallest absolute Gasteiger partial charge is 0.658 e. The minimum atomic E-state index is -1.51. The van der Waals surface area contributed by atoms with E-state index in [2.05, 4.69) is 114 Å². The molecule has 0 saturated heterocycles. The molecule has 0 atom stereocenters. The number of nitrogens with zero attached hydrogens (tertiary/aromatic N) is 3. The minimum Gasteiger partial charge on any atom is -0.658 e. The summed E-state index contributed by atoms with van der Waals surface area (Å²) in [6.45, 7) is 29.9. The van der Waals surface area contributed by atoms with Gasteiger partial charge in [-0.2, -0.15) is 0 Å². The van der Waals surface area contributed by atoms with E-state index in [1.807, 2.05) is 0 Å². The van der Waals surface area contributed by atoms with E-state index in [-0.39, 0.29) is 33.4 Å². The second-order valence-corrected chi connectivity index (χ2v) is 16.3. The number of hydrogen-bond donors (Lipinski definition) is 0. The average molecular weight is 417 g/mol. The van der Waals surface area contributed by atoms with Gasteiger partial charge in [-0.1, -0.05) is 103 Å². The standard InChI is InChI=1S/C12H29N2Si.C8H18N.Co/c1-11(2,3)15(8,9)13-12(4,5)10-14(6)7;1-7(2,3)9-8(4,5)6;/h10H2,1-9H3;1-6H3;/q2*-1;+3. The predicted octanol–water partition coefficient (Wildman–Crippen LogP) is 6.66. The normalized spacial score (nSPS) is 13.9. The quantitative estimate of drug-likeness (QED) is 0.471. The summed E-state index contributed by atoms with van der Waals surface area (Å²) in [5.41, 5.74) is 0.295. The van der Waals surface area contributed by atoms with Gasteiger partial charge in [-0.25, -0.2) is 0 Å². The second kappa shape index (κ2) is 10.2. The van der Waals surface area contributed by atoms with Gasteiger partial charge in [0.05, 0.1) is 0 Å². The maximum Gasteiger partial charge on any atom is 3.00 e. The van der Waals surface area contributed by atoms with E-state index >= 15 is 0 Å². The molecular formula is C20H47CoN3Si+. The Kier molecular flexibility index (Phi) is 12.4. The van der Waals surface area contributed by atoms with Gasteiger partial charge in [-0.3, -0.25) is 0 Å². The van der Waals surface area contributed by atoms with Crippen molar-refractivity contribution in [2.75, 3.05) is 20.6 Å². The van der Waals surface area contributed by atoms with Crippen molar-refractivity contribution in [1.29, 1.82) is 0 Å². The van der Waals surface area contributed by atoms with Gasteiger partial charge in [0.1, 0.15) is 0 Å². The molecule has 0 unspecified atom stereocenters. The first-order valence-corrected chi connectivity index (χ1v) is 12.2. The molecule has 0 spiro atoms. The van der Waals surface area contributed by atoms with Gasteiger partial charge in [0, 0.05) is 0 Å². The summed E-state index contributed by atoms with van der Waals surface area (Å²) in [6.07, 6.45) is 0. The summed E-state index contributed by atoms with van der Waals surface area (Å²) >= 11 is 0. The van der Waals surface area contributed by atoms with Gasteiger partial charge in [0.2, 0.25) is 0 Å². The predicted molar refractivity (Wildman–Crippen MR) is 116 cm³/mol. The van der Waals surface area contributed by atoms with Crippen LogP contribution in [0.4, 0.5) is 0 Å². The molecule has 0 bridgehead atoms. The van der Waals surface area contributed by atoms with Crippen molar-refractivity contribution in [1.82, 2.24) is 4.90 Å². The van der Waals surface area contributed by atoms with Crippen LogP contribution in [0.15, 0.2) is 0 Å². The molecule has 0 aliphatic rings. The van der Waals surface area contributed by atoms with Crippen LogP contribution in [-0.2, 0) is 16.8 Å². The van der Waals surface area contributed by atoms with E-state index in [9.17, 15) is 0 Å². The molecule has 0 amide bonds. The van der Waals surface area contributed by atoms with Crippen LogP contribution in [0.5, 0.6) is 0 Å². The first-order valence-electron chi connectivity index (χ1n) is 9.21. The molecule has 0 aliphatic carbocycles. The molecule has 0 aromatic heterocycles. The summed E-state index contributed by atoms with van der Waals surface area (Å²) in [4.78, 5) is 7.37. The van der Waals surface area contributed by atoms with E-state index < -0.39 is 8.24 Å². The molecule has 5 heteroatoms. The number of rotatable bonds is 4. The summed E-state index contributed by atoms with van der Waals surface area (Å²) in [5, 5.41) is 4.89. The average Bonchev–Trinajstić information content (AvgIpc) is 2.03. The van der Waals surface area contributed by atoms with Crippen molar-refractivity contribution in [3.05, 3.63) is 10.3 Å². The minimum absolute atomic E-state index is 0. The monoisotopic (exact) mass is 416 g/mol. The maximum absolute atomic E-state index is 5.15. The second-order valence-electron chi connectivity index (χ2n) is 11.4. The molecule has 0 aliphatic heterocycles. The van der Waals surface area contributed by atoms with E-state index in [0.29, 0.717) is 5.04 Å². The van der Waals surface area contributed by atoms with Crippen molar-refractivity contribution < 1.29 is 16.8 Å². The molecular weight excluding hydrogens is 369 g/mol. The van der Waals surface area contributed by atoms with Crippen LogP contribution >= 0.6 is 0 Å². The SMILES string of the molecule is CC(C)(C)[N-]C(C)(C)C.CN(C)CC(C)(C)[N-][Si](C)(C)C(C)(C)C.[Co+3]. The Morgan fingerprint density at radius 2 is 1.04 bits per heavy atom. The molecule has 0 aromatic carbocycles. The van der Waals surface area contributed by atoms with Gasteiger partial charge in [-0.15, -0.1) is 16.6 Å². The molecule has 0 aromatic rings. The third-order valence-electron chi connectivity index (χ3n) is 3.79. The Balaban J connectivity index is -0.000000418. The summed E-state index contributed by atoms with van der Waals surface area (Å²) < 4.78 is 0. The van der Waals surface area contributed by atoms with Gasteiger partial charge in [0.15, 0.2) is 0 Å². The fraction of sp³-hybridized carbons (Fsp3) is 1.00. The Morgan fingerprint density at radius 1 is 0.720 bits per heavy atom. The van der Waals surface area contributed by atoms with Crippen LogP contribution in [-0.4, -0.2) is 50.4 Å². The van der Waals surface area contributed by atoms with Gasteiger partial charge in [0.25, 0.3) is 0 Å². The van der Waals surface area contributed by atoms with Crippen molar-refractivity contribution >= 4 is 8.24 Å². The van der Waals surface area contributed by atoms with E-state index in [1.54, 1.807) is 0 Å². The summed E-state index contributed by atoms with van der Waals surface area (Å²) in [7, 11) is 2.72. The van der Waals surface area contributed by atoms with Gasteiger partial charge in [-0.05, 0) is 20.6 Å². The Labute approximate surface area is 171 Å². The number of likely N-dealkylation sites (N-methyl/N-ethyl adjacent to an activating group) is 1. The molecule has 0 fully saturated rings. The summed E-state index contributed by atoms with van der Waals surface area (Å²) in [5.74, 6) is 0. The topological polar surface area (TPSA) is 31.4 Å². The first-order chi connectivity index (χ1) is 10.1. The maximum atomic E-state index is 5.15. The molecule has 25 heavy (non-hydrogen) atoms. The Hall–Kier alpha value is 0.603. The zero-order chi connectivity index (χ0) is 20.2. The van der Waals surface area contributed by atoms with Crippen LogP contribution in [0.3, 0.4) is 0 Å². The van der Waals surface area contributed by atoms with Crippen LogP contribution in [0.25, 0.3) is 10.3 Å². The van der Waals surface area contributed by atoms with E-state index in [1.165, 1.54) is 0 Å². The Bertz CT molecular complexity index is 347. The van der Waals surface area contributed by atoms with Crippen molar-refractivity contribution in [2.24, 2.45) is 0 Å². The van der Waals surface area contributed by atoms with Gasteiger partial charge >= 0.3 is 16.8 Å². The van der Waals surface area contributed by atoms with Crippen LogP contribution in [0.1, 0.15) is 76.2 Å². The Morgan fingerprint density at radius 3 is 1.20 bits per heavy atom. The van der Waals surface area contributed by atoms with E-state index in [4.69, 9.17) is 4.98 Å². The van der Waals surface area contributed by atoms with Crippen LogP contribution in [0.2, 0.25) is 18.1 Å².